The number of alkyl halides is 1. The van der Waals surface area contributed by atoms with Crippen LogP contribution in [0.1, 0.15) is 75.4 Å². The maximum Gasteiger partial charge on any atom is 0.303 e. The zero-order valence-electron chi connectivity index (χ0n) is 32.9. The van der Waals surface area contributed by atoms with E-state index in [0.29, 0.717) is 24.1 Å². The van der Waals surface area contributed by atoms with E-state index in [9.17, 15) is 44.1 Å². The first-order valence-corrected chi connectivity index (χ1v) is 21.2. The van der Waals surface area contributed by atoms with Crippen LogP contribution in [-0.2, 0) is 44.7 Å². The average molecular weight is 877 g/mol. The van der Waals surface area contributed by atoms with Gasteiger partial charge in [0.05, 0.1) is 24.1 Å². The van der Waals surface area contributed by atoms with Gasteiger partial charge in [-0.15, -0.1) is 0 Å². The molecule has 10 atom stereocenters. The second-order valence-corrected chi connectivity index (χ2v) is 17.5. The molecule has 0 radical (unpaired) electrons. The normalized spacial score (nSPS) is 32.1. The largest absolute Gasteiger partial charge is 0.481 e. The molecule has 0 spiro atoms. The number of fused-ring (bicyclic) bond motifs is 7. The number of hydrogen-bond acceptors (Lipinski definition) is 10. The van der Waals surface area contributed by atoms with Crippen molar-refractivity contribution in [3.8, 4) is 0 Å². The zero-order valence-corrected chi connectivity index (χ0v) is 34.5. The number of nitrogens with one attached hydrogen (secondary N) is 3. The van der Waals surface area contributed by atoms with Gasteiger partial charge in [0.15, 0.2) is 23.5 Å². The molecule has 0 aromatic heterocycles. The molecule has 6 N–H and O–H groups in total. The minimum Gasteiger partial charge on any atom is -0.481 e. The van der Waals surface area contributed by atoms with Gasteiger partial charge in [0.25, 0.3) is 0 Å². The number of anilines is 1. The summed E-state index contributed by atoms with van der Waals surface area (Å²) in [5, 5.41) is 39.1. The fourth-order valence-corrected chi connectivity index (χ4v) is 11.1. The van der Waals surface area contributed by atoms with Crippen molar-refractivity contribution in [1.29, 1.82) is 0 Å². The Balaban J connectivity index is 1.03. The van der Waals surface area contributed by atoms with Crippen LogP contribution >= 0.6 is 15.9 Å². The third kappa shape index (κ3) is 7.95. The van der Waals surface area contributed by atoms with E-state index in [0.717, 1.165) is 29.5 Å². The van der Waals surface area contributed by atoms with Crippen molar-refractivity contribution in [2.24, 2.45) is 28.6 Å². The molecule has 14 nitrogen and oxygen atoms in total. The van der Waals surface area contributed by atoms with Gasteiger partial charge in [0.1, 0.15) is 12.6 Å². The van der Waals surface area contributed by atoms with Gasteiger partial charge in [0, 0.05) is 34.4 Å². The number of carboxylic acid groups (broad SMARTS) is 1. The molecule has 0 unspecified atom stereocenters. The van der Waals surface area contributed by atoms with Crippen LogP contribution in [0.5, 0.6) is 0 Å². The number of amides is 3. The highest BCUT2D eigenvalue weighted by Crippen LogP contribution is 2.70. The molecule has 15 heteroatoms. The standard InChI is InChI=1S/C44H50BrN3O11/c1-42-15-14-29(50)18-27(42)10-11-30-31-19-35-44(34(52)23-49,43(31,2)20-33(51)39(30)42)59-41(58-35)26-8-6-24(7-9-26)16-25-4-3-5-28(17-25)47-40(57)32(12-13-38(55)56)48-37(54)22-46-36(53)21-45/h3-9,14-15,17-18,30-33,35,39,41,49,51H,10-13,16,19-23H2,1-2H3,(H,46,53)(H,47,57)(H,48,54)(H,55,56)/t30-,31-,32-,33-,35+,39+,41+,42-,43-,44+/m0/s1. The van der Waals surface area contributed by atoms with Gasteiger partial charge >= 0.3 is 5.97 Å². The Bertz CT molecular complexity index is 2090. The van der Waals surface area contributed by atoms with Gasteiger partial charge in [-0.25, -0.2) is 0 Å². The van der Waals surface area contributed by atoms with Crippen LogP contribution in [0, 0.1) is 28.6 Å². The predicted molar refractivity (Wildman–Crippen MR) is 217 cm³/mol. The van der Waals surface area contributed by atoms with E-state index in [1.165, 1.54) is 0 Å². The molecule has 7 rings (SSSR count). The molecule has 314 valence electrons. The molecule has 4 fully saturated rings. The summed E-state index contributed by atoms with van der Waals surface area (Å²) >= 11 is 2.99. The topological polar surface area (TPSA) is 218 Å². The summed E-state index contributed by atoms with van der Waals surface area (Å²) in [6.07, 6.45) is 5.27. The molecule has 1 heterocycles. The van der Waals surface area contributed by atoms with Gasteiger partial charge in [-0.2, -0.15) is 0 Å². The summed E-state index contributed by atoms with van der Waals surface area (Å²) in [7, 11) is 0. The number of halogens is 1. The molecule has 1 aliphatic heterocycles. The number of Topliss-reactive ketones (excluding diaryl/α,β-unsaturated/α-hetero) is 1. The summed E-state index contributed by atoms with van der Waals surface area (Å²) in [5.74, 6) is -3.37. The molecule has 3 saturated carbocycles. The number of aliphatic hydroxyl groups is 2. The summed E-state index contributed by atoms with van der Waals surface area (Å²) in [5.41, 5.74) is 1.23. The second kappa shape index (κ2) is 16.8. The van der Waals surface area contributed by atoms with Crippen molar-refractivity contribution < 1.29 is 53.6 Å². The van der Waals surface area contributed by atoms with Crippen molar-refractivity contribution >= 4 is 56.9 Å². The third-order valence-corrected chi connectivity index (χ3v) is 14.0. The molecule has 3 amide bonds. The number of aliphatic hydroxyl groups excluding tert-OH is 2. The van der Waals surface area contributed by atoms with Crippen molar-refractivity contribution in [3.63, 3.8) is 0 Å². The van der Waals surface area contributed by atoms with Gasteiger partial charge < -0.3 is 40.7 Å². The Kier molecular flexibility index (Phi) is 12.2. The molecule has 4 aliphatic carbocycles. The van der Waals surface area contributed by atoms with E-state index in [1.54, 1.807) is 30.4 Å². The van der Waals surface area contributed by atoms with E-state index in [-0.39, 0.29) is 54.7 Å². The van der Waals surface area contributed by atoms with Crippen LogP contribution in [0.25, 0.3) is 0 Å². The first-order chi connectivity index (χ1) is 28.1. The Labute approximate surface area is 350 Å². The Morgan fingerprint density at radius 3 is 2.51 bits per heavy atom. The average Bonchev–Trinajstić information content (AvgIpc) is 3.71. The molecule has 1 saturated heterocycles. The van der Waals surface area contributed by atoms with Crippen LogP contribution in [0.3, 0.4) is 0 Å². The van der Waals surface area contributed by atoms with Crippen LogP contribution in [-0.4, -0.2) is 92.9 Å². The number of carboxylic acids is 1. The van der Waals surface area contributed by atoms with Crippen molar-refractivity contribution in [1.82, 2.24) is 10.6 Å². The second-order valence-electron chi connectivity index (χ2n) is 16.9. The molecule has 2 aromatic carbocycles. The number of hydrogen-bond donors (Lipinski definition) is 6. The van der Waals surface area contributed by atoms with Crippen LogP contribution in [0.2, 0.25) is 0 Å². The molecule has 0 bridgehead atoms. The molecule has 5 aliphatic rings. The lowest BCUT2D eigenvalue weighted by molar-refractivity contribution is -0.201. The van der Waals surface area contributed by atoms with E-state index in [2.05, 4.69) is 38.8 Å². The van der Waals surface area contributed by atoms with E-state index >= 15 is 0 Å². The highest BCUT2D eigenvalue weighted by atomic mass is 79.9. The maximum atomic E-state index is 13.9. The lowest BCUT2D eigenvalue weighted by atomic mass is 9.46. The van der Waals surface area contributed by atoms with Crippen LogP contribution < -0.4 is 16.0 Å². The van der Waals surface area contributed by atoms with E-state index in [4.69, 9.17) is 9.47 Å². The summed E-state index contributed by atoms with van der Waals surface area (Å²) < 4.78 is 13.3. The first kappa shape index (κ1) is 42.6. The van der Waals surface area contributed by atoms with Crippen molar-refractivity contribution in [3.05, 3.63) is 89.0 Å². The number of carbonyl (C=O) groups is 6. The fraction of sp³-hybridized carbons (Fsp3) is 0.500. The van der Waals surface area contributed by atoms with Crippen LogP contribution in [0.4, 0.5) is 5.69 Å². The molecular formula is C44H50BrN3O11. The van der Waals surface area contributed by atoms with E-state index < -0.39 is 77.1 Å². The number of benzene rings is 2. The predicted octanol–water partition coefficient (Wildman–Crippen LogP) is 3.68. The number of carbonyl (C=O) groups excluding carboxylic acids is 5. The number of aliphatic carboxylic acids is 1. The van der Waals surface area contributed by atoms with Gasteiger partial charge in [-0.3, -0.25) is 28.8 Å². The third-order valence-electron chi connectivity index (χ3n) is 13.5. The van der Waals surface area contributed by atoms with Crippen molar-refractivity contribution in [2.45, 2.75) is 88.9 Å². The zero-order chi connectivity index (χ0) is 42.3. The smallest absolute Gasteiger partial charge is 0.303 e. The summed E-state index contributed by atoms with van der Waals surface area (Å²) in [4.78, 5) is 74.5. The van der Waals surface area contributed by atoms with Crippen LogP contribution in [0.15, 0.2) is 72.3 Å². The Morgan fingerprint density at radius 1 is 1.03 bits per heavy atom. The molecule has 59 heavy (non-hydrogen) atoms. The van der Waals surface area contributed by atoms with Gasteiger partial charge in [-0.1, -0.05) is 77.8 Å². The highest BCUT2D eigenvalue weighted by Gasteiger charge is 2.75. The SMILES string of the molecule is C[C@]12C=CC(=O)C=C1CC[C@@H]1[C@@H]2[C@@H](O)C[C@@]2(C)[C@H]1C[C@H]1O[C@@H](c3ccc(Cc4cccc(NC(=O)[C@H](CCC(=O)O)NC(=O)CNC(=O)CBr)c4)cc3)O[C@]12C(=O)CO. The Hall–Kier alpha value is -4.54. The fourth-order valence-electron chi connectivity index (χ4n) is 10.9. The van der Waals surface area contributed by atoms with Gasteiger partial charge in [0.2, 0.25) is 17.7 Å². The first-order valence-electron chi connectivity index (χ1n) is 20.0. The minimum absolute atomic E-state index is 0.000906. The lowest BCUT2D eigenvalue weighted by Crippen LogP contribution is -2.63. The van der Waals surface area contributed by atoms with E-state index in [1.807, 2.05) is 43.3 Å². The number of rotatable bonds is 14. The highest BCUT2D eigenvalue weighted by molar-refractivity contribution is 9.09. The maximum absolute atomic E-state index is 13.9. The summed E-state index contributed by atoms with van der Waals surface area (Å²) in [6.45, 7) is 3.01. The number of ether oxygens (including phenoxy) is 2. The monoisotopic (exact) mass is 875 g/mol. The quantitative estimate of drug-likeness (QED) is 0.151. The Morgan fingerprint density at radius 2 is 1.80 bits per heavy atom. The summed E-state index contributed by atoms with van der Waals surface area (Å²) in [6, 6.07) is 13.6. The minimum atomic E-state index is -1.46. The van der Waals surface area contributed by atoms with Crippen molar-refractivity contribution in [2.75, 3.05) is 23.8 Å². The molecule has 2 aromatic rings. The lowest BCUT2D eigenvalue weighted by Gasteiger charge is -2.59. The molecular weight excluding hydrogens is 826 g/mol. The number of allylic oxidation sites excluding steroid dienone is 4. The number of ketones is 2. The van der Waals surface area contributed by atoms with Gasteiger partial charge in [-0.05, 0) is 85.8 Å².